The van der Waals surface area contributed by atoms with Crippen LogP contribution in [0.25, 0.3) is 0 Å². The molecule has 16 heavy (non-hydrogen) atoms. The predicted molar refractivity (Wildman–Crippen MR) is 64.0 cm³/mol. The van der Waals surface area contributed by atoms with E-state index in [1.807, 2.05) is 0 Å². The van der Waals surface area contributed by atoms with Crippen LogP contribution in [0.4, 0.5) is 0 Å². The highest BCUT2D eigenvalue weighted by Gasteiger charge is 2.49. The molecule has 2 heteroatoms. The molecule has 2 aliphatic carbocycles. The molecule has 0 aromatic rings. The quantitative estimate of drug-likeness (QED) is 0.640. The Balaban J connectivity index is 2.12. The molecule has 2 fully saturated rings. The van der Waals surface area contributed by atoms with Gasteiger partial charge < -0.3 is 5.11 Å². The number of aliphatic hydroxyl groups is 1. The second-order valence-electron chi connectivity index (χ2n) is 6.12. The minimum absolute atomic E-state index is 0.257. The molecule has 2 nitrogen and oxygen atoms in total. The van der Waals surface area contributed by atoms with E-state index in [0.717, 1.165) is 24.8 Å². The zero-order chi connectivity index (χ0) is 11.9. The number of Topliss-reactive ketones (excluding diaryl/α,β-unsaturated/α-hetero) is 1. The number of hydrogen-bond acceptors (Lipinski definition) is 2. The van der Waals surface area contributed by atoms with Crippen molar-refractivity contribution >= 4 is 5.78 Å². The Labute approximate surface area is 97.7 Å². The van der Waals surface area contributed by atoms with Crippen molar-refractivity contribution in [1.29, 1.82) is 0 Å². The Morgan fingerprint density at radius 3 is 2.62 bits per heavy atom. The normalized spacial score (nSPS) is 39.1. The first-order chi connectivity index (χ1) is 7.42. The van der Waals surface area contributed by atoms with E-state index in [2.05, 4.69) is 20.4 Å². The lowest BCUT2D eigenvalue weighted by molar-refractivity contribution is -0.137. The number of hydrogen-bond donors (Lipinski definition) is 1. The first-order valence-corrected chi connectivity index (χ1v) is 6.30. The Hall–Kier alpha value is -0.630. The van der Waals surface area contributed by atoms with Crippen molar-refractivity contribution in [3.8, 4) is 0 Å². The number of carbonyl (C=O) groups excluding carboxylic acids is 1. The van der Waals surface area contributed by atoms with Gasteiger partial charge in [-0.25, -0.2) is 0 Å². The van der Waals surface area contributed by atoms with Crippen molar-refractivity contribution in [3.63, 3.8) is 0 Å². The zero-order valence-corrected chi connectivity index (χ0v) is 10.3. The van der Waals surface area contributed by atoms with Gasteiger partial charge in [0.1, 0.15) is 5.78 Å². The van der Waals surface area contributed by atoms with Gasteiger partial charge in [-0.3, -0.25) is 4.79 Å². The van der Waals surface area contributed by atoms with Crippen LogP contribution < -0.4 is 0 Å². The maximum atomic E-state index is 12.0. The molecule has 1 N–H and O–H groups in total. The van der Waals surface area contributed by atoms with E-state index in [4.69, 9.17) is 0 Å². The minimum Gasteiger partial charge on any atom is -0.389 e. The van der Waals surface area contributed by atoms with Crippen molar-refractivity contribution in [2.24, 2.45) is 17.3 Å². The summed E-state index contributed by atoms with van der Waals surface area (Å²) in [5, 5.41) is 9.80. The molecule has 0 spiro atoms. The van der Waals surface area contributed by atoms with E-state index >= 15 is 0 Å². The van der Waals surface area contributed by atoms with Gasteiger partial charge in [0.15, 0.2) is 0 Å². The van der Waals surface area contributed by atoms with E-state index in [-0.39, 0.29) is 5.92 Å². The molecule has 0 aromatic carbocycles. The van der Waals surface area contributed by atoms with Gasteiger partial charge in [0, 0.05) is 12.3 Å². The summed E-state index contributed by atoms with van der Waals surface area (Å²) >= 11 is 0. The number of fused-ring (bicyclic) bond motifs is 1. The Morgan fingerprint density at radius 1 is 1.31 bits per heavy atom. The second-order valence-corrected chi connectivity index (χ2v) is 6.12. The van der Waals surface area contributed by atoms with E-state index < -0.39 is 6.10 Å². The highest BCUT2D eigenvalue weighted by atomic mass is 16.3. The summed E-state index contributed by atoms with van der Waals surface area (Å²) < 4.78 is 0. The van der Waals surface area contributed by atoms with Crippen molar-refractivity contribution in [3.05, 3.63) is 12.2 Å². The van der Waals surface area contributed by atoms with Gasteiger partial charge in [-0.05, 0) is 42.6 Å². The summed E-state index contributed by atoms with van der Waals surface area (Å²) in [7, 11) is 0. The maximum absolute atomic E-state index is 12.0. The molecule has 2 saturated carbocycles. The summed E-state index contributed by atoms with van der Waals surface area (Å²) in [6.07, 6.45) is 3.54. The first-order valence-electron chi connectivity index (χ1n) is 6.30. The SMILES string of the molecule is C=C1CC[C@@H]2[C@@H](CC2(C)C)C(=O)CC[C@H]1O. The molecule has 0 amide bonds. The summed E-state index contributed by atoms with van der Waals surface area (Å²) in [4.78, 5) is 12.0. The van der Waals surface area contributed by atoms with Gasteiger partial charge in [0.2, 0.25) is 0 Å². The smallest absolute Gasteiger partial charge is 0.136 e. The lowest BCUT2D eigenvalue weighted by Crippen LogP contribution is -2.47. The molecule has 2 aliphatic rings. The van der Waals surface area contributed by atoms with Crippen LogP contribution in [0.1, 0.15) is 46.0 Å². The monoisotopic (exact) mass is 222 g/mol. The van der Waals surface area contributed by atoms with Crippen LogP contribution in [-0.4, -0.2) is 17.0 Å². The maximum Gasteiger partial charge on any atom is 0.136 e. The fraction of sp³-hybridized carbons (Fsp3) is 0.786. The topological polar surface area (TPSA) is 37.3 Å². The zero-order valence-electron chi connectivity index (χ0n) is 10.3. The predicted octanol–water partition coefficient (Wildman–Crippen LogP) is 2.71. The van der Waals surface area contributed by atoms with Crippen LogP contribution in [0.2, 0.25) is 0 Å². The molecule has 0 bridgehead atoms. The third-order valence-electron chi connectivity index (χ3n) is 4.56. The molecule has 0 aromatic heterocycles. The van der Waals surface area contributed by atoms with Crippen molar-refractivity contribution < 1.29 is 9.90 Å². The second kappa shape index (κ2) is 3.99. The van der Waals surface area contributed by atoms with Crippen LogP contribution in [0.5, 0.6) is 0 Å². The summed E-state index contributed by atoms with van der Waals surface area (Å²) in [5.74, 6) is 1.12. The van der Waals surface area contributed by atoms with Gasteiger partial charge in [-0.2, -0.15) is 0 Å². The van der Waals surface area contributed by atoms with Crippen LogP contribution in [-0.2, 0) is 4.79 Å². The molecule has 90 valence electrons. The molecular weight excluding hydrogens is 200 g/mol. The third kappa shape index (κ3) is 1.95. The number of ketones is 1. The fourth-order valence-electron chi connectivity index (χ4n) is 3.35. The van der Waals surface area contributed by atoms with Gasteiger partial charge in [-0.15, -0.1) is 0 Å². The minimum atomic E-state index is -0.468. The highest BCUT2D eigenvalue weighted by molar-refractivity contribution is 5.82. The average Bonchev–Trinajstić information content (AvgIpc) is 2.24. The summed E-state index contributed by atoms with van der Waals surface area (Å²) in [6.45, 7) is 8.43. The fourth-order valence-corrected chi connectivity index (χ4v) is 3.35. The Bertz CT molecular complexity index is 317. The van der Waals surface area contributed by atoms with E-state index in [1.54, 1.807) is 0 Å². The third-order valence-corrected chi connectivity index (χ3v) is 4.56. The number of rotatable bonds is 0. The largest absolute Gasteiger partial charge is 0.389 e. The van der Waals surface area contributed by atoms with Crippen LogP contribution in [0.15, 0.2) is 12.2 Å². The lowest BCUT2D eigenvalue weighted by Gasteiger charge is -2.51. The number of carbonyl (C=O) groups is 1. The molecule has 2 rings (SSSR count). The molecule has 0 radical (unpaired) electrons. The van der Waals surface area contributed by atoms with E-state index in [9.17, 15) is 9.90 Å². The van der Waals surface area contributed by atoms with Gasteiger partial charge in [-0.1, -0.05) is 20.4 Å². The molecule has 0 unspecified atom stereocenters. The first kappa shape index (κ1) is 11.8. The van der Waals surface area contributed by atoms with E-state index in [1.165, 1.54) is 0 Å². The standard InChI is InChI=1S/C14H22O2/c1-9-4-5-11-10(8-14(11,2)3)13(16)7-6-12(9)15/h10-12,15H,1,4-8H2,2-3H3/t10-,11-,12-/m1/s1. The summed E-state index contributed by atoms with van der Waals surface area (Å²) in [5.41, 5.74) is 1.21. The molecule has 3 atom stereocenters. The Kier molecular flexibility index (Phi) is 2.95. The number of aliphatic hydroxyl groups excluding tert-OH is 1. The van der Waals surface area contributed by atoms with E-state index in [0.29, 0.717) is 30.0 Å². The van der Waals surface area contributed by atoms with Crippen molar-refractivity contribution in [2.45, 2.75) is 52.1 Å². The molecule has 0 heterocycles. The van der Waals surface area contributed by atoms with Crippen LogP contribution >= 0.6 is 0 Å². The van der Waals surface area contributed by atoms with Gasteiger partial charge in [0.05, 0.1) is 6.10 Å². The van der Waals surface area contributed by atoms with Crippen molar-refractivity contribution in [1.82, 2.24) is 0 Å². The average molecular weight is 222 g/mol. The lowest BCUT2D eigenvalue weighted by atomic mass is 9.53. The molecule has 0 aliphatic heterocycles. The Morgan fingerprint density at radius 2 is 2.00 bits per heavy atom. The summed E-state index contributed by atoms with van der Waals surface area (Å²) in [6, 6.07) is 0. The van der Waals surface area contributed by atoms with Crippen molar-refractivity contribution in [2.75, 3.05) is 0 Å². The van der Waals surface area contributed by atoms with Crippen LogP contribution in [0, 0.1) is 17.3 Å². The highest BCUT2D eigenvalue weighted by Crippen LogP contribution is 2.54. The molecule has 0 saturated heterocycles. The van der Waals surface area contributed by atoms with Gasteiger partial charge in [0.25, 0.3) is 0 Å². The van der Waals surface area contributed by atoms with Gasteiger partial charge >= 0.3 is 0 Å². The molecular formula is C14H22O2. The van der Waals surface area contributed by atoms with Crippen LogP contribution in [0.3, 0.4) is 0 Å².